The van der Waals surface area contributed by atoms with Gasteiger partial charge in [-0.2, -0.15) is 0 Å². The highest BCUT2D eigenvalue weighted by Crippen LogP contribution is 2.29. The Morgan fingerprint density at radius 2 is 1.35 bits per heavy atom. The van der Waals surface area contributed by atoms with Crippen LogP contribution in [0.4, 0.5) is 0 Å². The minimum atomic E-state index is -1.37. The number of esters is 4. The molecule has 5 atom stereocenters. The molecule has 0 aromatic heterocycles. The van der Waals surface area contributed by atoms with E-state index < -0.39 is 73.1 Å². The number of ether oxygens (including phenoxy) is 6. The van der Waals surface area contributed by atoms with E-state index in [2.05, 4.69) is 5.32 Å². The van der Waals surface area contributed by atoms with Crippen LogP contribution in [0.25, 0.3) is 0 Å². The predicted molar refractivity (Wildman–Crippen MR) is 108 cm³/mol. The lowest BCUT2D eigenvalue weighted by Gasteiger charge is -2.44. The number of carboxylic acid groups (broad SMARTS) is 1. The second-order valence-corrected chi connectivity index (χ2v) is 7.18. The van der Waals surface area contributed by atoms with Crippen molar-refractivity contribution in [3.05, 3.63) is 0 Å². The van der Waals surface area contributed by atoms with Crippen molar-refractivity contribution in [3.63, 3.8) is 0 Å². The molecule has 1 rings (SSSR count). The Bertz CT molecular complexity index is 768. The number of nitrogens with one attached hydrogen (secondary N) is 1. The van der Waals surface area contributed by atoms with E-state index in [1.165, 1.54) is 0 Å². The van der Waals surface area contributed by atoms with Crippen molar-refractivity contribution in [2.45, 2.75) is 71.2 Å². The van der Waals surface area contributed by atoms with Gasteiger partial charge in [-0.25, -0.2) is 0 Å². The van der Waals surface area contributed by atoms with Crippen LogP contribution in [0, 0.1) is 0 Å². The lowest BCUT2D eigenvalue weighted by atomic mass is 9.98. The maximum absolute atomic E-state index is 11.7. The van der Waals surface area contributed by atoms with Crippen LogP contribution in [0.2, 0.25) is 0 Å². The Hall–Kier alpha value is -3.26. The molecule has 0 radical (unpaired) electrons. The molecule has 0 spiro atoms. The Morgan fingerprint density at radius 1 is 0.794 bits per heavy atom. The van der Waals surface area contributed by atoms with Gasteiger partial charge in [0.1, 0.15) is 12.7 Å². The molecule has 0 saturated carbocycles. The molecule has 14 nitrogen and oxygen atoms in total. The van der Waals surface area contributed by atoms with Crippen LogP contribution >= 0.6 is 0 Å². The summed E-state index contributed by atoms with van der Waals surface area (Å²) >= 11 is 0. The van der Waals surface area contributed by atoms with Crippen LogP contribution in [0.5, 0.6) is 0 Å². The summed E-state index contributed by atoms with van der Waals surface area (Å²) in [6, 6.07) is 0. The van der Waals surface area contributed by atoms with E-state index in [4.69, 9.17) is 33.5 Å². The number of carbonyl (C=O) groups is 6. The predicted octanol–water partition coefficient (Wildman–Crippen LogP) is -0.933. The molecule has 1 saturated heterocycles. The van der Waals surface area contributed by atoms with Crippen LogP contribution in [-0.4, -0.2) is 91.3 Å². The maximum Gasteiger partial charge on any atom is 0.303 e. The Balaban J connectivity index is 3.03. The average Bonchev–Trinajstić information content (AvgIpc) is 2.71. The summed E-state index contributed by atoms with van der Waals surface area (Å²) < 4.78 is 32.0. The molecular weight excluding hydrogens is 462 g/mol. The second-order valence-electron chi connectivity index (χ2n) is 7.18. The lowest BCUT2D eigenvalue weighted by molar-refractivity contribution is -0.307. The number of aliphatic carboxylic acids is 1. The van der Waals surface area contributed by atoms with E-state index in [9.17, 15) is 28.8 Å². The highest BCUT2D eigenvalue weighted by molar-refractivity contribution is 5.80. The molecular formula is C20H29NO13. The monoisotopic (exact) mass is 491 g/mol. The third-order valence-electron chi connectivity index (χ3n) is 4.22. The Kier molecular flexibility index (Phi) is 11.9. The largest absolute Gasteiger partial charge is 0.481 e. The van der Waals surface area contributed by atoms with Gasteiger partial charge in [0.05, 0.1) is 13.0 Å². The first-order chi connectivity index (χ1) is 15.9. The minimum Gasteiger partial charge on any atom is -0.481 e. The number of carboxylic acids is 1. The van der Waals surface area contributed by atoms with E-state index in [1.807, 2.05) is 0 Å². The van der Waals surface area contributed by atoms with E-state index in [1.54, 1.807) is 0 Å². The number of amides is 1. The fraction of sp³-hybridized carbons (Fsp3) is 0.700. The first-order valence-corrected chi connectivity index (χ1v) is 10.3. The van der Waals surface area contributed by atoms with Crippen LogP contribution in [-0.2, 0) is 57.2 Å². The van der Waals surface area contributed by atoms with Crippen LogP contribution in [0.15, 0.2) is 0 Å². The van der Waals surface area contributed by atoms with Crippen LogP contribution < -0.4 is 5.32 Å². The van der Waals surface area contributed by atoms with Gasteiger partial charge in [-0.15, -0.1) is 0 Å². The van der Waals surface area contributed by atoms with Crippen molar-refractivity contribution >= 4 is 35.8 Å². The molecule has 34 heavy (non-hydrogen) atoms. The highest BCUT2D eigenvalue weighted by atomic mass is 16.7. The fourth-order valence-electron chi connectivity index (χ4n) is 3.00. The van der Waals surface area contributed by atoms with Gasteiger partial charge in [0.25, 0.3) is 0 Å². The standard InChI is InChI=1S/C20H29NO13/c1-10(22)30-9-14-17(31-11(2)23)18(32-12(3)24)19(33-13(4)25)20(34-14)29-8-7-21-15(26)5-6-16(27)28/h14,17-20H,5-9H2,1-4H3,(H,21,26)(H,27,28)/t14-,17-,18+,19+,20+/m1/s1. The molecule has 2 N–H and O–H groups in total. The zero-order valence-corrected chi connectivity index (χ0v) is 19.3. The van der Waals surface area contributed by atoms with E-state index in [-0.39, 0.29) is 26.0 Å². The van der Waals surface area contributed by atoms with E-state index in [0.29, 0.717) is 0 Å². The molecule has 0 unspecified atom stereocenters. The summed E-state index contributed by atoms with van der Waals surface area (Å²) in [6.45, 7) is 3.81. The summed E-state index contributed by atoms with van der Waals surface area (Å²) in [4.78, 5) is 68.6. The summed E-state index contributed by atoms with van der Waals surface area (Å²) in [5.74, 6) is -4.61. The SMILES string of the molecule is CC(=O)OC[C@H]1O[C@H](OCCNC(=O)CCC(=O)O)[C@@H](OC(C)=O)[C@@H](OC(C)=O)[C@@H]1OC(C)=O. The molecule has 192 valence electrons. The molecule has 0 aliphatic carbocycles. The fourth-order valence-corrected chi connectivity index (χ4v) is 3.00. The summed E-state index contributed by atoms with van der Waals surface area (Å²) in [5.41, 5.74) is 0. The van der Waals surface area contributed by atoms with Gasteiger partial charge in [0, 0.05) is 40.7 Å². The number of rotatable bonds is 12. The summed E-state index contributed by atoms with van der Waals surface area (Å²) in [7, 11) is 0. The highest BCUT2D eigenvalue weighted by Gasteiger charge is 2.52. The van der Waals surface area contributed by atoms with Gasteiger partial charge >= 0.3 is 29.8 Å². The first kappa shape index (κ1) is 28.8. The van der Waals surface area contributed by atoms with Gasteiger partial charge in [-0.3, -0.25) is 28.8 Å². The van der Waals surface area contributed by atoms with Crippen molar-refractivity contribution in [2.24, 2.45) is 0 Å². The van der Waals surface area contributed by atoms with Gasteiger partial charge in [-0.05, 0) is 0 Å². The molecule has 0 aromatic rings. The van der Waals surface area contributed by atoms with Crippen molar-refractivity contribution in [1.82, 2.24) is 5.32 Å². The van der Waals surface area contributed by atoms with Crippen LogP contribution in [0.1, 0.15) is 40.5 Å². The lowest BCUT2D eigenvalue weighted by Crippen LogP contribution is -2.63. The smallest absolute Gasteiger partial charge is 0.303 e. The first-order valence-electron chi connectivity index (χ1n) is 10.3. The minimum absolute atomic E-state index is 0.0503. The Morgan fingerprint density at radius 3 is 1.88 bits per heavy atom. The van der Waals surface area contributed by atoms with E-state index >= 15 is 0 Å². The normalized spacial score (nSPS) is 23.8. The van der Waals surface area contributed by atoms with Crippen LogP contribution in [0.3, 0.4) is 0 Å². The average molecular weight is 491 g/mol. The number of carbonyl (C=O) groups excluding carboxylic acids is 5. The summed E-state index contributed by atoms with van der Waals surface area (Å²) in [6.07, 6.45) is -7.13. The zero-order valence-electron chi connectivity index (χ0n) is 19.3. The van der Waals surface area contributed by atoms with Gasteiger partial charge < -0.3 is 38.8 Å². The maximum atomic E-state index is 11.7. The second kappa shape index (κ2) is 14.1. The quantitative estimate of drug-likeness (QED) is 0.193. The molecule has 1 amide bonds. The molecule has 0 aromatic carbocycles. The third-order valence-corrected chi connectivity index (χ3v) is 4.22. The number of hydrogen-bond donors (Lipinski definition) is 2. The third kappa shape index (κ3) is 10.6. The molecule has 14 heteroatoms. The van der Waals surface area contributed by atoms with E-state index in [0.717, 1.165) is 27.7 Å². The molecule has 1 fully saturated rings. The molecule has 1 aliphatic heterocycles. The van der Waals surface area contributed by atoms with Crippen molar-refractivity contribution in [1.29, 1.82) is 0 Å². The van der Waals surface area contributed by atoms with Crippen molar-refractivity contribution in [2.75, 3.05) is 19.8 Å². The molecule has 1 aliphatic rings. The molecule has 0 bridgehead atoms. The van der Waals surface area contributed by atoms with Crippen molar-refractivity contribution in [3.8, 4) is 0 Å². The molecule has 1 heterocycles. The van der Waals surface area contributed by atoms with Gasteiger partial charge in [0.15, 0.2) is 24.6 Å². The van der Waals surface area contributed by atoms with Gasteiger partial charge in [-0.1, -0.05) is 0 Å². The zero-order chi connectivity index (χ0) is 25.8. The van der Waals surface area contributed by atoms with Crippen molar-refractivity contribution < 1.29 is 62.3 Å². The summed E-state index contributed by atoms with van der Waals surface area (Å²) in [5, 5.41) is 11.1. The number of hydrogen-bond acceptors (Lipinski definition) is 12. The van der Waals surface area contributed by atoms with Gasteiger partial charge in [0.2, 0.25) is 5.91 Å². The topological polar surface area (TPSA) is 190 Å². The Labute approximate surface area is 195 Å².